The summed E-state index contributed by atoms with van der Waals surface area (Å²) in [5.41, 5.74) is 9.61. The van der Waals surface area contributed by atoms with Crippen LogP contribution in [0.3, 0.4) is 0 Å². The second-order valence-corrected chi connectivity index (χ2v) is 11.9. The van der Waals surface area contributed by atoms with Gasteiger partial charge in [-0.15, -0.1) is 0 Å². The molecule has 10 heteroatoms. The average molecular weight is 600 g/mol. The average Bonchev–Trinajstić information content (AvgIpc) is 3.61. The summed E-state index contributed by atoms with van der Waals surface area (Å²) in [5, 5.41) is 6.01. The summed E-state index contributed by atoms with van der Waals surface area (Å²) in [5.74, 6) is -0.462. The minimum Gasteiger partial charge on any atom is -0.464 e. The third-order valence-corrected chi connectivity index (χ3v) is 8.62. The standard InChI is InChI=1S/C33H37N5O4S/c1-20-14-15-21(2)25(18-20)38(29(26-17-16-22(3)42-26)32(40)35-19-23-10-6-4-7-11-23)33(41)30-27(34)28(37-43-30)31(39)36-24-12-8-5-9-13-24/h4,6-7,10-11,14-18,24,29H,5,8-9,12-13,19,34H2,1-3H3,(H,35,40)(H,36,39). The molecule has 1 aliphatic carbocycles. The van der Waals surface area contributed by atoms with Crippen LogP contribution in [0.15, 0.2) is 65.1 Å². The molecule has 43 heavy (non-hydrogen) atoms. The number of anilines is 2. The molecule has 5 rings (SSSR count). The minimum absolute atomic E-state index is 0.00214. The Kier molecular flexibility index (Phi) is 9.25. The SMILES string of the molecule is Cc1ccc(C)c(N(C(=O)c2snc(C(=O)NC3CCCCC3)c2N)C(C(=O)NCc2ccccc2)c2ccc(C)o2)c1. The number of amides is 3. The van der Waals surface area contributed by atoms with Crippen molar-refractivity contribution >= 4 is 40.6 Å². The van der Waals surface area contributed by atoms with Crippen LogP contribution in [0.2, 0.25) is 0 Å². The molecule has 0 saturated heterocycles. The van der Waals surface area contributed by atoms with Crippen molar-refractivity contribution in [1.82, 2.24) is 15.0 Å². The van der Waals surface area contributed by atoms with E-state index in [1.54, 1.807) is 19.1 Å². The van der Waals surface area contributed by atoms with Crippen molar-refractivity contribution in [2.24, 2.45) is 0 Å². The number of carbonyl (C=O) groups excluding carboxylic acids is 3. The third kappa shape index (κ3) is 6.80. The van der Waals surface area contributed by atoms with E-state index in [1.807, 2.05) is 62.4 Å². The first-order chi connectivity index (χ1) is 20.7. The molecular weight excluding hydrogens is 562 g/mol. The molecule has 2 aromatic heterocycles. The summed E-state index contributed by atoms with van der Waals surface area (Å²) in [6.45, 7) is 5.84. The molecule has 224 valence electrons. The smallest absolute Gasteiger partial charge is 0.273 e. The Hall–Kier alpha value is -4.44. The summed E-state index contributed by atoms with van der Waals surface area (Å²) < 4.78 is 10.3. The van der Waals surface area contributed by atoms with Crippen molar-refractivity contribution in [1.29, 1.82) is 0 Å². The van der Waals surface area contributed by atoms with Crippen molar-refractivity contribution < 1.29 is 18.8 Å². The number of aryl methyl sites for hydroxylation is 3. The fourth-order valence-corrected chi connectivity index (χ4v) is 6.16. The first-order valence-corrected chi connectivity index (χ1v) is 15.3. The molecule has 4 N–H and O–H groups in total. The highest BCUT2D eigenvalue weighted by molar-refractivity contribution is 7.09. The van der Waals surface area contributed by atoms with Gasteiger partial charge in [0.25, 0.3) is 17.7 Å². The Morgan fingerprint density at radius 3 is 2.47 bits per heavy atom. The number of carbonyl (C=O) groups is 3. The van der Waals surface area contributed by atoms with E-state index in [9.17, 15) is 14.4 Å². The fraction of sp³-hybridized carbons (Fsp3) is 0.333. The predicted molar refractivity (Wildman–Crippen MR) is 168 cm³/mol. The Morgan fingerprint density at radius 1 is 1.02 bits per heavy atom. The van der Waals surface area contributed by atoms with E-state index < -0.39 is 23.8 Å². The van der Waals surface area contributed by atoms with Gasteiger partial charge in [0.15, 0.2) is 11.7 Å². The molecule has 1 unspecified atom stereocenters. The number of aromatic nitrogens is 1. The summed E-state index contributed by atoms with van der Waals surface area (Å²) in [7, 11) is 0. The lowest BCUT2D eigenvalue weighted by Crippen LogP contribution is -2.44. The first-order valence-electron chi connectivity index (χ1n) is 14.6. The zero-order valence-corrected chi connectivity index (χ0v) is 25.5. The van der Waals surface area contributed by atoms with Crippen molar-refractivity contribution in [3.63, 3.8) is 0 Å². The predicted octanol–water partition coefficient (Wildman–Crippen LogP) is 6.01. The normalized spacial score (nSPS) is 14.2. The number of hydrogen-bond donors (Lipinski definition) is 3. The van der Waals surface area contributed by atoms with Crippen LogP contribution in [-0.2, 0) is 11.3 Å². The Bertz CT molecular complexity index is 1610. The molecule has 2 heterocycles. The third-order valence-electron chi connectivity index (χ3n) is 7.77. The zero-order chi connectivity index (χ0) is 30.5. The number of nitrogens with zero attached hydrogens (tertiary/aromatic N) is 2. The van der Waals surface area contributed by atoms with Crippen LogP contribution in [0.1, 0.15) is 86.5 Å². The number of furan rings is 1. The Balaban J connectivity index is 1.54. The van der Waals surface area contributed by atoms with Crippen molar-refractivity contribution in [3.8, 4) is 0 Å². The van der Waals surface area contributed by atoms with Crippen LogP contribution in [0.25, 0.3) is 0 Å². The topological polar surface area (TPSA) is 131 Å². The molecule has 1 aliphatic rings. The molecule has 0 aliphatic heterocycles. The second-order valence-electron chi connectivity index (χ2n) is 11.1. The van der Waals surface area contributed by atoms with Gasteiger partial charge >= 0.3 is 0 Å². The van der Waals surface area contributed by atoms with Crippen LogP contribution in [-0.4, -0.2) is 28.1 Å². The quantitative estimate of drug-likeness (QED) is 0.216. The van der Waals surface area contributed by atoms with Gasteiger partial charge in [-0.3, -0.25) is 19.3 Å². The van der Waals surface area contributed by atoms with E-state index in [-0.39, 0.29) is 28.8 Å². The zero-order valence-electron chi connectivity index (χ0n) is 24.7. The molecule has 3 amide bonds. The summed E-state index contributed by atoms with van der Waals surface area (Å²) in [6, 6.07) is 17.6. The first kappa shape index (κ1) is 30.0. The van der Waals surface area contributed by atoms with Gasteiger partial charge in [0.1, 0.15) is 16.4 Å². The minimum atomic E-state index is -1.16. The van der Waals surface area contributed by atoms with Gasteiger partial charge < -0.3 is 20.8 Å². The number of nitrogens with one attached hydrogen (secondary N) is 2. The molecule has 2 aromatic carbocycles. The van der Waals surface area contributed by atoms with Gasteiger partial charge in [0.05, 0.1) is 5.69 Å². The molecule has 0 bridgehead atoms. The molecule has 1 saturated carbocycles. The lowest BCUT2D eigenvalue weighted by Gasteiger charge is -2.31. The Morgan fingerprint density at radius 2 is 1.77 bits per heavy atom. The van der Waals surface area contributed by atoms with Crippen LogP contribution in [0.4, 0.5) is 11.4 Å². The lowest BCUT2D eigenvalue weighted by molar-refractivity contribution is -0.123. The van der Waals surface area contributed by atoms with Crippen LogP contribution >= 0.6 is 11.5 Å². The van der Waals surface area contributed by atoms with Gasteiger partial charge in [0, 0.05) is 18.3 Å². The van der Waals surface area contributed by atoms with Gasteiger partial charge in [0.2, 0.25) is 0 Å². The van der Waals surface area contributed by atoms with Crippen LogP contribution in [0, 0.1) is 20.8 Å². The van der Waals surface area contributed by atoms with E-state index in [0.717, 1.165) is 60.3 Å². The summed E-state index contributed by atoms with van der Waals surface area (Å²) >= 11 is 0.858. The summed E-state index contributed by atoms with van der Waals surface area (Å²) in [4.78, 5) is 43.2. The van der Waals surface area contributed by atoms with E-state index >= 15 is 0 Å². The number of hydrogen-bond acceptors (Lipinski definition) is 7. The number of rotatable bonds is 9. The molecule has 9 nitrogen and oxygen atoms in total. The van der Waals surface area contributed by atoms with Crippen molar-refractivity contribution in [2.45, 2.75) is 71.5 Å². The van der Waals surface area contributed by atoms with Crippen LogP contribution in [0.5, 0.6) is 0 Å². The number of nitrogen functional groups attached to an aromatic ring is 1. The maximum Gasteiger partial charge on any atom is 0.273 e. The van der Waals surface area contributed by atoms with E-state index in [2.05, 4.69) is 15.0 Å². The number of benzene rings is 2. The van der Waals surface area contributed by atoms with Crippen LogP contribution < -0.4 is 21.3 Å². The van der Waals surface area contributed by atoms with E-state index in [1.165, 1.54) is 4.90 Å². The summed E-state index contributed by atoms with van der Waals surface area (Å²) in [6.07, 6.45) is 5.10. The largest absolute Gasteiger partial charge is 0.464 e. The van der Waals surface area contributed by atoms with E-state index in [4.69, 9.17) is 10.2 Å². The van der Waals surface area contributed by atoms with Gasteiger partial charge in [-0.05, 0) is 80.0 Å². The maximum absolute atomic E-state index is 14.5. The molecule has 1 fully saturated rings. The van der Waals surface area contributed by atoms with Gasteiger partial charge in [-0.2, -0.15) is 4.37 Å². The van der Waals surface area contributed by atoms with E-state index in [0.29, 0.717) is 17.2 Å². The highest BCUT2D eigenvalue weighted by Gasteiger charge is 2.38. The number of nitrogens with two attached hydrogens (primary N) is 1. The Labute approximate surface area is 255 Å². The van der Waals surface area contributed by atoms with Crippen molar-refractivity contribution in [2.75, 3.05) is 10.6 Å². The molecular formula is C33H37N5O4S. The van der Waals surface area contributed by atoms with Gasteiger partial charge in [-0.25, -0.2) is 0 Å². The molecule has 1 atom stereocenters. The highest BCUT2D eigenvalue weighted by atomic mass is 32.1. The van der Waals surface area contributed by atoms with Gasteiger partial charge in [-0.1, -0.05) is 61.7 Å². The second kappa shape index (κ2) is 13.2. The fourth-order valence-electron chi connectivity index (χ4n) is 5.43. The molecule has 0 radical (unpaired) electrons. The lowest BCUT2D eigenvalue weighted by atomic mass is 9.95. The molecule has 4 aromatic rings. The maximum atomic E-state index is 14.5. The monoisotopic (exact) mass is 599 g/mol. The molecule has 0 spiro atoms. The highest BCUT2D eigenvalue weighted by Crippen LogP contribution is 2.36. The van der Waals surface area contributed by atoms with Crippen molar-refractivity contribution in [3.05, 3.63) is 99.4 Å².